The van der Waals surface area contributed by atoms with E-state index in [1.165, 1.54) is 0 Å². The average molecular weight is 200 g/mol. The molecule has 3 nitrogen and oxygen atoms in total. The molecule has 1 heterocycles. The van der Waals surface area contributed by atoms with E-state index in [1.54, 1.807) is 0 Å². The van der Waals surface area contributed by atoms with Gasteiger partial charge in [-0.05, 0) is 18.4 Å². The summed E-state index contributed by atoms with van der Waals surface area (Å²) in [6.45, 7) is 11.7. The number of rotatable bonds is 5. The molecule has 3 heteroatoms. The van der Waals surface area contributed by atoms with Gasteiger partial charge in [-0.15, -0.1) is 0 Å². The summed E-state index contributed by atoms with van der Waals surface area (Å²) in [7, 11) is 0. The van der Waals surface area contributed by atoms with E-state index in [-0.39, 0.29) is 0 Å². The first-order valence-corrected chi connectivity index (χ1v) is 5.73. The Labute approximate surface area is 87.6 Å². The van der Waals surface area contributed by atoms with Crippen LogP contribution in [0.3, 0.4) is 0 Å². The topological polar surface area (TPSA) is 33.3 Å². The molecule has 1 aliphatic heterocycles. The number of morpholine rings is 1. The van der Waals surface area contributed by atoms with Gasteiger partial charge in [-0.1, -0.05) is 20.8 Å². The molecular weight excluding hydrogens is 176 g/mol. The maximum absolute atomic E-state index is 5.60. The molecule has 0 radical (unpaired) electrons. The molecule has 0 aromatic heterocycles. The van der Waals surface area contributed by atoms with E-state index in [0.717, 1.165) is 44.6 Å². The first kappa shape index (κ1) is 12.0. The van der Waals surface area contributed by atoms with Crippen LogP contribution in [0.2, 0.25) is 0 Å². The van der Waals surface area contributed by atoms with Crippen molar-refractivity contribution in [3.63, 3.8) is 0 Å². The molecule has 0 amide bonds. The predicted molar refractivity (Wildman–Crippen MR) is 59.5 cm³/mol. The fourth-order valence-corrected chi connectivity index (χ4v) is 1.46. The minimum absolute atomic E-state index is 0.364. The highest BCUT2D eigenvalue weighted by molar-refractivity contribution is 4.70. The smallest absolute Gasteiger partial charge is 0.0824 e. The van der Waals surface area contributed by atoms with Gasteiger partial charge < -0.3 is 15.4 Å². The summed E-state index contributed by atoms with van der Waals surface area (Å²) < 4.78 is 5.60. The van der Waals surface area contributed by atoms with Gasteiger partial charge in [-0.3, -0.25) is 0 Å². The molecule has 2 atom stereocenters. The molecule has 2 N–H and O–H groups in total. The van der Waals surface area contributed by atoms with E-state index < -0.39 is 0 Å². The van der Waals surface area contributed by atoms with Crippen molar-refractivity contribution in [1.29, 1.82) is 0 Å². The van der Waals surface area contributed by atoms with Gasteiger partial charge in [0.15, 0.2) is 0 Å². The fraction of sp³-hybridized carbons (Fsp3) is 1.00. The normalized spacial score (nSPS) is 25.3. The van der Waals surface area contributed by atoms with E-state index in [1.807, 2.05) is 0 Å². The van der Waals surface area contributed by atoms with Gasteiger partial charge in [0.2, 0.25) is 0 Å². The Balaban J connectivity index is 2.02. The minimum Gasteiger partial charge on any atom is -0.374 e. The van der Waals surface area contributed by atoms with Crippen molar-refractivity contribution < 1.29 is 4.74 Å². The van der Waals surface area contributed by atoms with Crippen molar-refractivity contribution in [2.24, 2.45) is 11.8 Å². The molecule has 0 bridgehead atoms. The van der Waals surface area contributed by atoms with Crippen molar-refractivity contribution in [3.05, 3.63) is 0 Å². The summed E-state index contributed by atoms with van der Waals surface area (Å²) in [5, 5.41) is 6.80. The third kappa shape index (κ3) is 4.40. The molecule has 0 aliphatic carbocycles. The summed E-state index contributed by atoms with van der Waals surface area (Å²) in [5.74, 6) is 1.50. The SMILES string of the molecule is CC(C)C(C)CNCC1CNCCO1. The summed E-state index contributed by atoms with van der Waals surface area (Å²) in [5.41, 5.74) is 0. The zero-order chi connectivity index (χ0) is 10.4. The van der Waals surface area contributed by atoms with Crippen LogP contribution >= 0.6 is 0 Å². The first-order valence-electron chi connectivity index (χ1n) is 5.73. The molecule has 0 aromatic rings. The van der Waals surface area contributed by atoms with Crippen LogP contribution in [0.4, 0.5) is 0 Å². The van der Waals surface area contributed by atoms with Gasteiger partial charge >= 0.3 is 0 Å². The van der Waals surface area contributed by atoms with Crippen LogP contribution in [0, 0.1) is 11.8 Å². The Bertz CT molecular complexity index is 144. The number of ether oxygens (including phenoxy) is 1. The highest BCUT2D eigenvalue weighted by atomic mass is 16.5. The zero-order valence-corrected chi connectivity index (χ0v) is 9.68. The van der Waals surface area contributed by atoms with Crippen molar-refractivity contribution in [2.45, 2.75) is 26.9 Å². The van der Waals surface area contributed by atoms with Gasteiger partial charge in [0.25, 0.3) is 0 Å². The van der Waals surface area contributed by atoms with Crippen LogP contribution in [0.25, 0.3) is 0 Å². The third-order valence-corrected chi connectivity index (χ3v) is 2.98. The van der Waals surface area contributed by atoms with Crippen LogP contribution in [-0.4, -0.2) is 38.9 Å². The lowest BCUT2D eigenvalue weighted by atomic mass is 9.98. The number of hydrogen-bond acceptors (Lipinski definition) is 3. The van der Waals surface area contributed by atoms with Crippen LogP contribution in [0.15, 0.2) is 0 Å². The quantitative estimate of drug-likeness (QED) is 0.690. The Hall–Kier alpha value is -0.120. The summed E-state index contributed by atoms with van der Waals surface area (Å²) in [4.78, 5) is 0. The number of nitrogens with one attached hydrogen (secondary N) is 2. The van der Waals surface area contributed by atoms with Crippen LogP contribution in [0.5, 0.6) is 0 Å². The molecule has 14 heavy (non-hydrogen) atoms. The van der Waals surface area contributed by atoms with E-state index >= 15 is 0 Å². The molecule has 0 aromatic carbocycles. The largest absolute Gasteiger partial charge is 0.374 e. The van der Waals surface area contributed by atoms with Gasteiger partial charge in [0.1, 0.15) is 0 Å². The van der Waals surface area contributed by atoms with Crippen LogP contribution < -0.4 is 10.6 Å². The van der Waals surface area contributed by atoms with Gasteiger partial charge in [-0.25, -0.2) is 0 Å². The average Bonchev–Trinajstić information content (AvgIpc) is 2.19. The Morgan fingerprint density at radius 3 is 2.79 bits per heavy atom. The fourth-order valence-electron chi connectivity index (χ4n) is 1.46. The lowest BCUT2D eigenvalue weighted by Gasteiger charge is -2.25. The van der Waals surface area contributed by atoms with Crippen LogP contribution in [0.1, 0.15) is 20.8 Å². The molecular formula is C11H24N2O. The van der Waals surface area contributed by atoms with E-state index in [4.69, 9.17) is 4.74 Å². The van der Waals surface area contributed by atoms with E-state index in [2.05, 4.69) is 31.4 Å². The molecule has 1 fully saturated rings. The van der Waals surface area contributed by atoms with E-state index in [9.17, 15) is 0 Å². The molecule has 0 saturated carbocycles. The lowest BCUT2D eigenvalue weighted by molar-refractivity contribution is 0.0286. The minimum atomic E-state index is 0.364. The Morgan fingerprint density at radius 1 is 1.43 bits per heavy atom. The first-order chi connectivity index (χ1) is 6.70. The van der Waals surface area contributed by atoms with Gasteiger partial charge in [-0.2, -0.15) is 0 Å². The van der Waals surface area contributed by atoms with Crippen molar-refractivity contribution >= 4 is 0 Å². The highest BCUT2D eigenvalue weighted by Crippen LogP contribution is 2.07. The summed E-state index contributed by atoms with van der Waals surface area (Å²) in [6, 6.07) is 0. The second-order valence-corrected chi connectivity index (χ2v) is 4.58. The molecule has 1 rings (SSSR count). The maximum Gasteiger partial charge on any atom is 0.0824 e. The zero-order valence-electron chi connectivity index (χ0n) is 9.68. The Kier molecular flexibility index (Phi) is 5.45. The molecule has 1 aliphatic rings. The summed E-state index contributed by atoms with van der Waals surface area (Å²) in [6.07, 6.45) is 0.364. The van der Waals surface area contributed by atoms with Gasteiger partial charge in [0.05, 0.1) is 12.7 Å². The molecule has 84 valence electrons. The number of hydrogen-bond donors (Lipinski definition) is 2. The highest BCUT2D eigenvalue weighted by Gasteiger charge is 2.13. The standard InChI is InChI=1S/C11H24N2O/c1-9(2)10(3)6-13-8-11-7-12-4-5-14-11/h9-13H,4-8H2,1-3H3. The monoisotopic (exact) mass is 200 g/mol. The maximum atomic E-state index is 5.60. The molecule has 1 saturated heterocycles. The lowest BCUT2D eigenvalue weighted by Crippen LogP contribution is -2.44. The van der Waals surface area contributed by atoms with Crippen molar-refractivity contribution in [2.75, 3.05) is 32.8 Å². The van der Waals surface area contributed by atoms with Crippen molar-refractivity contribution in [3.8, 4) is 0 Å². The predicted octanol–water partition coefficient (Wildman–Crippen LogP) is 0.857. The van der Waals surface area contributed by atoms with Crippen molar-refractivity contribution in [1.82, 2.24) is 10.6 Å². The third-order valence-electron chi connectivity index (χ3n) is 2.98. The molecule has 0 spiro atoms. The van der Waals surface area contributed by atoms with Crippen LogP contribution in [-0.2, 0) is 4.74 Å². The van der Waals surface area contributed by atoms with Gasteiger partial charge in [0, 0.05) is 19.6 Å². The van der Waals surface area contributed by atoms with E-state index in [0.29, 0.717) is 6.10 Å². The molecule has 2 unspecified atom stereocenters. The summed E-state index contributed by atoms with van der Waals surface area (Å²) >= 11 is 0. The second kappa shape index (κ2) is 6.38. The Morgan fingerprint density at radius 2 is 2.21 bits per heavy atom. The second-order valence-electron chi connectivity index (χ2n) is 4.58.